The fourth-order valence-corrected chi connectivity index (χ4v) is 2.57. The third-order valence-corrected chi connectivity index (χ3v) is 3.77. The summed E-state index contributed by atoms with van der Waals surface area (Å²) in [5, 5.41) is 6.53. The zero-order valence-corrected chi connectivity index (χ0v) is 13.5. The van der Waals surface area contributed by atoms with Gasteiger partial charge in [-0.3, -0.25) is 4.98 Å². The minimum atomic E-state index is 0.718. The summed E-state index contributed by atoms with van der Waals surface area (Å²) in [5.41, 5.74) is 4.42. The standard InChI is InChI=1S/C21H16N4/c1-3-9-18(10-4-1)25(19-11-5-2-6-12-19)23-16-17-15-22-20-13-7-8-14-21(20)24-17/h1-16H/b23-16-. The molecule has 0 spiro atoms. The van der Waals surface area contributed by atoms with Gasteiger partial charge in [0.2, 0.25) is 0 Å². The van der Waals surface area contributed by atoms with Crippen LogP contribution >= 0.6 is 0 Å². The average Bonchev–Trinajstić information content (AvgIpc) is 2.70. The molecule has 4 nitrogen and oxygen atoms in total. The molecule has 0 aliphatic carbocycles. The van der Waals surface area contributed by atoms with E-state index in [1.54, 1.807) is 12.4 Å². The molecule has 1 heterocycles. The van der Waals surface area contributed by atoms with E-state index in [0.717, 1.165) is 28.1 Å². The Morgan fingerprint density at radius 2 is 1.24 bits per heavy atom. The van der Waals surface area contributed by atoms with Crippen LogP contribution in [0.5, 0.6) is 0 Å². The Morgan fingerprint density at radius 1 is 0.680 bits per heavy atom. The van der Waals surface area contributed by atoms with Crippen LogP contribution in [0.2, 0.25) is 0 Å². The molecule has 1 aromatic heterocycles. The maximum atomic E-state index is 4.65. The Balaban J connectivity index is 1.71. The Bertz CT molecular complexity index is 958. The number of hydrogen-bond donors (Lipinski definition) is 0. The number of fused-ring (bicyclic) bond motifs is 1. The van der Waals surface area contributed by atoms with Crippen molar-refractivity contribution in [2.75, 3.05) is 5.01 Å². The van der Waals surface area contributed by atoms with Crippen molar-refractivity contribution in [3.63, 3.8) is 0 Å². The van der Waals surface area contributed by atoms with Crippen molar-refractivity contribution >= 4 is 28.6 Å². The zero-order chi connectivity index (χ0) is 16.9. The number of para-hydroxylation sites is 4. The molecule has 25 heavy (non-hydrogen) atoms. The molecular weight excluding hydrogens is 308 g/mol. The van der Waals surface area contributed by atoms with Gasteiger partial charge in [-0.2, -0.15) is 5.10 Å². The van der Waals surface area contributed by atoms with Gasteiger partial charge in [0.1, 0.15) is 5.69 Å². The lowest BCUT2D eigenvalue weighted by atomic mass is 10.2. The van der Waals surface area contributed by atoms with Crippen LogP contribution in [0.4, 0.5) is 11.4 Å². The van der Waals surface area contributed by atoms with Crippen LogP contribution in [-0.4, -0.2) is 16.2 Å². The Morgan fingerprint density at radius 3 is 1.88 bits per heavy atom. The maximum Gasteiger partial charge on any atom is 0.102 e. The number of nitrogens with zero attached hydrogens (tertiary/aromatic N) is 4. The summed E-state index contributed by atoms with van der Waals surface area (Å²) in [4.78, 5) is 9.03. The second-order valence-corrected chi connectivity index (χ2v) is 5.51. The first-order chi connectivity index (χ1) is 12.4. The molecule has 120 valence electrons. The highest BCUT2D eigenvalue weighted by molar-refractivity contribution is 5.83. The van der Waals surface area contributed by atoms with E-state index < -0.39 is 0 Å². The summed E-state index contributed by atoms with van der Waals surface area (Å²) >= 11 is 0. The number of rotatable bonds is 4. The third-order valence-electron chi connectivity index (χ3n) is 3.77. The van der Waals surface area contributed by atoms with Gasteiger partial charge in [0.25, 0.3) is 0 Å². The molecule has 4 rings (SSSR count). The van der Waals surface area contributed by atoms with E-state index in [2.05, 4.69) is 15.1 Å². The Kier molecular flexibility index (Phi) is 4.16. The first-order valence-electron chi connectivity index (χ1n) is 8.06. The van der Waals surface area contributed by atoms with Crippen LogP contribution in [0, 0.1) is 0 Å². The fourth-order valence-electron chi connectivity index (χ4n) is 2.57. The molecule has 3 aromatic carbocycles. The lowest BCUT2D eigenvalue weighted by Crippen LogP contribution is -2.09. The van der Waals surface area contributed by atoms with Crippen molar-refractivity contribution in [2.45, 2.75) is 0 Å². The minimum absolute atomic E-state index is 0.718. The van der Waals surface area contributed by atoms with Crippen molar-refractivity contribution in [1.82, 2.24) is 9.97 Å². The summed E-state index contributed by atoms with van der Waals surface area (Å²) in [6.07, 6.45) is 3.47. The molecule has 0 bridgehead atoms. The SMILES string of the molecule is C(=N/N(c1ccccc1)c1ccccc1)/c1cnc2ccccc2n1. The monoisotopic (exact) mass is 324 g/mol. The molecule has 0 unspecified atom stereocenters. The first kappa shape index (κ1) is 15.0. The summed E-state index contributed by atoms with van der Waals surface area (Å²) in [6.45, 7) is 0. The van der Waals surface area contributed by atoms with E-state index in [1.165, 1.54) is 0 Å². The highest BCUT2D eigenvalue weighted by atomic mass is 15.5. The number of hydrazone groups is 1. The van der Waals surface area contributed by atoms with Crippen LogP contribution < -0.4 is 5.01 Å². The van der Waals surface area contributed by atoms with E-state index in [4.69, 9.17) is 0 Å². The van der Waals surface area contributed by atoms with Gasteiger partial charge in [0, 0.05) is 0 Å². The van der Waals surface area contributed by atoms with Gasteiger partial charge in [0.05, 0.1) is 34.8 Å². The highest BCUT2D eigenvalue weighted by Crippen LogP contribution is 2.25. The smallest absolute Gasteiger partial charge is 0.102 e. The molecule has 0 atom stereocenters. The zero-order valence-electron chi connectivity index (χ0n) is 13.5. The third kappa shape index (κ3) is 3.38. The second kappa shape index (κ2) is 6.93. The molecule has 4 heteroatoms. The van der Waals surface area contributed by atoms with Gasteiger partial charge in [-0.25, -0.2) is 9.99 Å². The van der Waals surface area contributed by atoms with E-state index in [0.29, 0.717) is 0 Å². The van der Waals surface area contributed by atoms with Crippen molar-refractivity contribution in [3.05, 3.63) is 96.8 Å². The molecule has 0 saturated heterocycles. The molecule has 0 fully saturated rings. The number of anilines is 2. The quantitative estimate of drug-likeness (QED) is 0.400. The molecular formula is C21H16N4. The van der Waals surface area contributed by atoms with Gasteiger partial charge in [0.15, 0.2) is 0 Å². The molecule has 0 radical (unpaired) electrons. The minimum Gasteiger partial charge on any atom is -0.252 e. The summed E-state index contributed by atoms with van der Waals surface area (Å²) < 4.78 is 0. The summed E-state index contributed by atoms with van der Waals surface area (Å²) in [6, 6.07) is 27.9. The van der Waals surface area contributed by atoms with Crippen LogP contribution in [0.15, 0.2) is 96.2 Å². The average molecular weight is 324 g/mol. The molecule has 0 amide bonds. The molecule has 0 N–H and O–H groups in total. The van der Waals surface area contributed by atoms with E-state index in [-0.39, 0.29) is 0 Å². The molecule has 0 aliphatic heterocycles. The van der Waals surface area contributed by atoms with E-state index in [9.17, 15) is 0 Å². The van der Waals surface area contributed by atoms with Gasteiger partial charge < -0.3 is 0 Å². The number of aromatic nitrogens is 2. The first-order valence-corrected chi connectivity index (χ1v) is 8.06. The topological polar surface area (TPSA) is 41.4 Å². The lowest BCUT2D eigenvalue weighted by Gasteiger charge is -2.18. The van der Waals surface area contributed by atoms with Crippen molar-refractivity contribution in [3.8, 4) is 0 Å². The number of hydrogen-bond acceptors (Lipinski definition) is 4. The highest BCUT2D eigenvalue weighted by Gasteiger charge is 2.06. The van der Waals surface area contributed by atoms with Gasteiger partial charge in [-0.15, -0.1) is 0 Å². The largest absolute Gasteiger partial charge is 0.252 e. The maximum absolute atomic E-state index is 4.65. The summed E-state index contributed by atoms with van der Waals surface area (Å²) in [5.74, 6) is 0. The predicted octanol–water partition coefficient (Wildman–Crippen LogP) is 4.80. The lowest BCUT2D eigenvalue weighted by molar-refractivity contribution is 1.09. The fraction of sp³-hybridized carbons (Fsp3) is 0. The summed E-state index contributed by atoms with van der Waals surface area (Å²) in [7, 11) is 0. The van der Waals surface area contributed by atoms with Crippen LogP contribution in [0.3, 0.4) is 0 Å². The van der Waals surface area contributed by atoms with Crippen LogP contribution in [-0.2, 0) is 0 Å². The normalized spacial score (nSPS) is 11.0. The molecule has 4 aromatic rings. The van der Waals surface area contributed by atoms with E-state index in [1.807, 2.05) is 89.9 Å². The second-order valence-electron chi connectivity index (χ2n) is 5.51. The van der Waals surface area contributed by atoms with Crippen LogP contribution in [0.1, 0.15) is 5.69 Å². The molecule has 0 saturated carbocycles. The molecule has 0 aliphatic rings. The Labute approximate surface area is 146 Å². The van der Waals surface area contributed by atoms with Crippen molar-refractivity contribution in [2.24, 2.45) is 5.10 Å². The number of benzene rings is 3. The van der Waals surface area contributed by atoms with Crippen molar-refractivity contribution in [1.29, 1.82) is 0 Å². The Hall–Kier alpha value is -3.53. The van der Waals surface area contributed by atoms with Gasteiger partial charge >= 0.3 is 0 Å². The van der Waals surface area contributed by atoms with Gasteiger partial charge in [-0.05, 0) is 36.4 Å². The van der Waals surface area contributed by atoms with Gasteiger partial charge in [-0.1, -0.05) is 48.5 Å². The van der Waals surface area contributed by atoms with Crippen LogP contribution in [0.25, 0.3) is 11.0 Å². The van der Waals surface area contributed by atoms with E-state index >= 15 is 0 Å². The predicted molar refractivity (Wildman–Crippen MR) is 102 cm³/mol. The van der Waals surface area contributed by atoms with Crippen molar-refractivity contribution < 1.29 is 0 Å².